The molecular weight excluding hydrogens is 274 g/mol. The van der Waals surface area contributed by atoms with Crippen molar-refractivity contribution in [3.63, 3.8) is 0 Å². The fraction of sp³-hybridized carbons (Fsp3) is 0.474. The average molecular weight is 295 g/mol. The number of benzene rings is 1. The molecule has 2 atom stereocenters. The molecule has 1 aliphatic carbocycles. The number of hydrogen-bond donors (Lipinski definition) is 0. The Morgan fingerprint density at radius 1 is 1.32 bits per heavy atom. The SMILES string of the molecule is CC1(C)CC2(C=C(C#N)C1=O)CCC(Cc1ccccc1)O2. The summed E-state index contributed by atoms with van der Waals surface area (Å²) in [6, 6.07) is 12.4. The molecule has 1 aromatic rings. The zero-order valence-electron chi connectivity index (χ0n) is 13.1. The molecule has 2 unspecified atom stereocenters. The Labute approximate surface area is 131 Å². The number of ketones is 1. The highest BCUT2D eigenvalue weighted by Crippen LogP contribution is 2.46. The van der Waals surface area contributed by atoms with Crippen molar-refractivity contribution in [2.75, 3.05) is 0 Å². The van der Waals surface area contributed by atoms with Crippen LogP contribution < -0.4 is 0 Å². The summed E-state index contributed by atoms with van der Waals surface area (Å²) in [6.07, 6.45) is 5.33. The first-order chi connectivity index (χ1) is 10.4. The Bertz CT molecular complexity index is 654. The van der Waals surface area contributed by atoms with Gasteiger partial charge in [0, 0.05) is 5.41 Å². The zero-order chi connectivity index (χ0) is 15.8. The normalized spacial score (nSPS) is 30.1. The minimum absolute atomic E-state index is 0.0595. The van der Waals surface area contributed by atoms with Gasteiger partial charge in [-0.2, -0.15) is 5.26 Å². The maximum Gasteiger partial charge on any atom is 0.178 e. The maximum atomic E-state index is 12.2. The van der Waals surface area contributed by atoms with Crippen LogP contribution >= 0.6 is 0 Å². The molecule has 0 radical (unpaired) electrons. The van der Waals surface area contributed by atoms with Crippen LogP contribution in [0.3, 0.4) is 0 Å². The lowest BCUT2D eigenvalue weighted by Crippen LogP contribution is -2.42. The smallest absolute Gasteiger partial charge is 0.178 e. The number of rotatable bonds is 2. The third-order valence-electron chi connectivity index (χ3n) is 4.73. The van der Waals surface area contributed by atoms with Crippen LogP contribution in [0.15, 0.2) is 42.0 Å². The van der Waals surface area contributed by atoms with Crippen molar-refractivity contribution in [3.8, 4) is 6.07 Å². The van der Waals surface area contributed by atoms with Crippen LogP contribution in [-0.4, -0.2) is 17.5 Å². The molecule has 1 saturated heterocycles. The Balaban J connectivity index is 1.80. The van der Waals surface area contributed by atoms with E-state index >= 15 is 0 Å². The van der Waals surface area contributed by atoms with Crippen molar-refractivity contribution in [2.24, 2.45) is 5.41 Å². The van der Waals surface area contributed by atoms with Gasteiger partial charge >= 0.3 is 0 Å². The topological polar surface area (TPSA) is 50.1 Å². The number of ether oxygens (including phenoxy) is 1. The van der Waals surface area contributed by atoms with Gasteiger partial charge in [0.2, 0.25) is 0 Å². The van der Waals surface area contributed by atoms with Crippen LogP contribution in [-0.2, 0) is 16.0 Å². The van der Waals surface area contributed by atoms with E-state index in [1.807, 2.05) is 32.0 Å². The minimum atomic E-state index is -0.526. The van der Waals surface area contributed by atoms with E-state index in [1.54, 1.807) is 6.08 Å². The van der Waals surface area contributed by atoms with Gasteiger partial charge in [-0.1, -0.05) is 44.2 Å². The van der Waals surface area contributed by atoms with Gasteiger partial charge in [0.1, 0.15) is 6.07 Å². The van der Waals surface area contributed by atoms with E-state index in [9.17, 15) is 10.1 Å². The summed E-state index contributed by atoms with van der Waals surface area (Å²) in [7, 11) is 0. The van der Waals surface area contributed by atoms with Crippen LogP contribution in [0.1, 0.15) is 38.7 Å². The van der Waals surface area contributed by atoms with Crippen molar-refractivity contribution in [1.82, 2.24) is 0 Å². The van der Waals surface area contributed by atoms with Gasteiger partial charge in [0.25, 0.3) is 0 Å². The summed E-state index contributed by atoms with van der Waals surface area (Å²) >= 11 is 0. The zero-order valence-corrected chi connectivity index (χ0v) is 13.1. The summed E-state index contributed by atoms with van der Waals surface area (Å²) in [5.41, 5.74) is 0.556. The van der Waals surface area contributed by atoms with Crippen LogP contribution in [0.2, 0.25) is 0 Å². The van der Waals surface area contributed by atoms with Crippen molar-refractivity contribution in [1.29, 1.82) is 5.26 Å². The monoisotopic (exact) mass is 295 g/mol. The predicted molar refractivity (Wildman–Crippen MR) is 84.1 cm³/mol. The molecule has 1 aromatic carbocycles. The maximum absolute atomic E-state index is 12.2. The molecule has 0 bridgehead atoms. The predicted octanol–water partition coefficient (Wildman–Crippen LogP) is 3.60. The Morgan fingerprint density at radius 3 is 2.73 bits per heavy atom. The van der Waals surface area contributed by atoms with E-state index in [0.29, 0.717) is 6.42 Å². The molecule has 1 fully saturated rings. The van der Waals surface area contributed by atoms with Gasteiger partial charge in [-0.25, -0.2) is 0 Å². The molecular formula is C19H21NO2. The van der Waals surface area contributed by atoms with Gasteiger partial charge in [-0.05, 0) is 37.3 Å². The fourth-order valence-electron chi connectivity index (χ4n) is 3.77. The van der Waals surface area contributed by atoms with Gasteiger partial charge < -0.3 is 4.74 Å². The molecule has 2 aliphatic rings. The minimum Gasteiger partial charge on any atom is -0.367 e. The van der Waals surface area contributed by atoms with E-state index < -0.39 is 11.0 Å². The summed E-state index contributed by atoms with van der Waals surface area (Å²) in [5.74, 6) is -0.0595. The van der Waals surface area contributed by atoms with Crippen molar-refractivity contribution >= 4 is 5.78 Å². The highest BCUT2D eigenvalue weighted by Gasteiger charge is 2.49. The molecule has 1 heterocycles. The number of nitrogens with zero attached hydrogens (tertiary/aromatic N) is 1. The van der Waals surface area contributed by atoms with E-state index in [0.717, 1.165) is 19.3 Å². The van der Waals surface area contributed by atoms with Crippen LogP contribution in [0.5, 0.6) is 0 Å². The lowest BCUT2D eigenvalue weighted by Gasteiger charge is -2.38. The highest BCUT2D eigenvalue weighted by molar-refractivity contribution is 6.03. The third-order valence-corrected chi connectivity index (χ3v) is 4.73. The Kier molecular flexibility index (Phi) is 3.66. The first-order valence-corrected chi connectivity index (χ1v) is 7.84. The molecule has 1 aliphatic heterocycles. The number of hydrogen-bond acceptors (Lipinski definition) is 3. The standard InChI is InChI=1S/C19H21NO2/c1-18(2)13-19(11-15(12-20)17(18)21)9-8-16(22-19)10-14-6-4-3-5-7-14/h3-7,11,16H,8-10,13H2,1-2H3. The van der Waals surface area contributed by atoms with Gasteiger partial charge in [-0.3, -0.25) is 4.79 Å². The largest absolute Gasteiger partial charge is 0.367 e. The molecule has 0 N–H and O–H groups in total. The van der Waals surface area contributed by atoms with Crippen molar-refractivity contribution < 1.29 is 9.53 Å². The Morgan fingerprint density at radius 2 is 2.05 bits per heavy atom. The molecule has 0 amide bonds. The Hall–Kier alpha value is -1.92. The second-order valence-electron chi connectivity index (χ2n) is 7.09. The van der Waals surface area contributed by atoms with Gasteiger partial charge in [0.05, 0.1) is 17.3 Å². The fourth-order valence-corrected chi connectivity index (χ4v) is 3.77. The number of allylic oxidation sites excluding steroid dienone is 1. The second-order valence-corrected chi connectivity index (χ2v) is 7.09. The molecule has 22 heavy (non-hydrogen) atoms. The van der Waals surface area contributed by atoms with Gasteiger partial charge in [-0.15, -0.1) is 0 Å². The summed E-state index contributed by atoms with van der Waals surface area (Å²) in [5, 5.41) is 9.24. The number of nitriles is 1. The first-order valence-electron chi connectivity index (χ1n) is 7.84. The number of carbonyl (C=O) groups is 1. The van der Waals surface area contributed by atoms with Crippen molar-refractivity contribution in [3.05, 3.63) is 47.5 Å². The third kappa shape index (κ3) is 2.71. The van der Waals surface area contributed by atoms with Crippen LogP contribution in [0.25, 0.3) is 0 Å². The highest BCUT2D eigenvalue weighted by atomic mass is 16.5. The number of Topliss-reactive ketones (excluding diaryl/α,β-unsaturated/α-hetero) is 1. The average Bonchev–Trinajstić information content (AvgIpc) is 2.86. The quantitative estimate of drug-likeness (QED) is 0.837. The first kappa shape index (κ1) is 15.0. The molecule has 3 rings (SSSR count). The van der Waals surface area contributed by atoms with Gasteiger partial charge in [0.15, 0.2) is 5.78 Å². The lowest BCUT2D eigenvalue weighted by molar-refractivity contribution is -0.129. The molecule has 3 heteroatoms. The van der Waals surface area contributed by atoms with Crippen LogP contribution in [0.4, 0.5) is 0 Å². The van der Waals surface area contributed by atoms with E-state index in [4.69, 9.17) is 4.74 Å². The summed E-state index contributed by atoms with van der Waals surface area (Å²) < 4.78 is 6.33. The summed E-state index contributed by atoms with van der Waals surface area (Å²) in [6.45, 7) is 3.82. The van der Waals surface area contributed by atoms with E-state index in [-0.39, 0.29) is 17.5 Å². The molecule has 114 valence electrons. The molecule has 1 spiro atoms. The lowest BCUT2D eigenvalue weighted by atomic mass is 9.69. The van der Waals surface area contributed by atoms with Crippen LogP contribution in [0, 0.1) is 16.7 Å². The molecule has 0 aromatic heterocycles. The molecule has 3 nitrogen and oxygen atoms in total. The molecule has 0 saturated carbocycles. The second kappa shape index (κ2) is 5.37. The van der Waals surface area contributed by atoms with E-state index in [1.165, 1.54) is 5.56 Å². The number of carbonyl (C=O) groups excluding carboxylic acids is 1. The van der Waals surface area contributed by atoms with Crippen molar-refractivity contribution in [2.45, 2.75) is 51.2 Å². The van der Waals surface area contributed by atoms with E-state index in [2.05, 4.69) is 18.2 Å². The summed E-state index contributed by atoms with van der Waals surface area (Å²) in [4.78, 5) is 12.2.